The topological polar surface area (TPSA) is 12.5 Å². The van der Waals surface area contributed by atoms with Gasteiger partial charge in [-0.25, -0.2) is 0 Å². The van der Waals surface area contributed by atoms with Crippen molar-refractivity contribution in [3.8, 4) is 0 Å². The van der Waals surface area contributed by atoms with E-state index in [0.717, 1.165) is 19.4 Å². The Morgan fingerprint density at radius 3 is 2.27 bits per heavy atom. The van der Waals surface area contributed by atoms with Gasteiger partial charge >= 0.3 is 0 Å². The standard InChI is InChI=1S/C7H18ClNOSi/c1-9(2)5-6-10-7-11(3,4)8/h5-7H2,1-4H3. The van der Waals surface area contributed by atoms with Gasteiger partial charge in [0.05, 0.1) is 12.8 Å². The minimum Gasteiger partial charge on any atom is -0.382 e. The molecule has 0 atom stereocenters. The van der Waals surface area contributed by atoms with Gasteiger partial charge in [0.25, 0.3) is 0 Å². The summed E-state index contributed by atoms with van der Waals surface area (Å²) in [6.45, 7) is 5.94. The lowest BCUT2D eigenvalue weighted by molar-refractivity contribution is 0.152. The maximum Gasteiger partial charge on any atom is 0.176 e. The first-order valence-electron chi connectivity index (χ1n) is 3.83. The van der Waals surface area contributed by atoms with Gasteiger partial charge in [0, 0.05) is 6.54 Å². The van der Waals surface area contributed by atoms with Crippen LogP contribution in [0.2, 0.25) is 13.1 Å². The first-order valence-corrected chi connectivity index (χ1v) is 8.05. The van der Waals surface area contributed by atoms with Gasteiger partial charge < -0.3 is 9.64 Å². The summed E-state index contributed by atoms with van der Waals surface area (Å²) in [5.41, 5.74) is 0. The highest BCUT2D eigenvalue weighted by molar-refractivity contribution is 7.19. The van der Waals surface area contributed by atoms with E-state index >= 15 is 0 Å². The molecule has 11 heavy (non-hydrogen) atoms. The predicted molar refractivity (Wildman–Crippen MR) is 52.7 cm³/mol. The van der Waals surface area contributed by atoms with E-state index < -0.39 is 7.38 Å². The van der Waals surface area contributed by atoms with E-state index in [4.69, 9.17) is 15.8 Å². The Morgan fingerprint density at radius 2 is 1.91 bits per heavy atom. The van der Waals surface area contributed by atoms with E-state index in [2.05, 4.69) is 18.0 Å². The van der Waals surface area contributed by atoms with E-state index in [1.54, 1.807) is 0 Å². The van der Waals surface area contributed by atoms with Gasteiger partial charge in [0.2, 0.25) is 0 Å². The van der Waals surface area contributed by atoms with Gasteiger partial charge in [-0.15, -0.1) is 0 Å². The Morgan fingerprint density at radius 1 is 1.36 bits per heavy atom. The van der Waals surface area contributed by atoms with E-state index in [1.807, 2.05) is 14.1 Å². The molecule has 4 heteroatoms. The Balaban J connectivity index is 3.15. The van der Waals surface area contributed by atoms with Crippen LogP contribution in [0, 0.1) is 0 Å². The van der Waals surface area contributed by atoms with Crippen molar-refractivity contribution in [2.75, 3.05) is 33.5 Å². The third kappa shape index (κ3) is 10.4. The van der Waals surface area contributed by atoms with E-state index in [-0.39, 0.29) is 0 Å². The molecular weight excluding hydrogens is 178 g/mol. The molecule has 0 aliphatic rings. The minimum atomic E-state index is -1.50. The van der Waals surface area contributed by atoms with E-state index in [9.17, 15) is 0 Å². The monoisotopic (exact) mass is 195 g/mol. The summed E-state index contributed by atoms with van der Waals surface area (Å²) in [7, 11) is 2.57. The molecule has 0 heterocycles. The molecule has 0 fully saturated rings. The molecule has 0 saturated heterocycles. The Bertz CT molecular complexity index is 103. The molecule has 0 aromatic rings. The fraction of sp³-hybridized carbons (Fsp3) is 1.00. The van der Waals surface area contributed by atoms with E-state index in [0.29, 0.717) is 0 Å². The molecule has 0 spiro atoms. The molecular formula is C7H18ClNOSi. The molecule has 0 unspecified atom stereocenters. The first kappa shape index (κ1) is 11.4. The highest BCUT2D eigenvalue weighted by atomic mass is 35.6. The van der Waals surface area contributed by atoms with Gasteiger partial charge in [-0.2, -0.15) is 11.1 Å². The number of likely N-dealkylation sites (N-methyl/N-ethyl adjacent to an activating group) is 1. The summed E-state index contributed by atoms with van der Waals surface area (Å²) in [4.78, 5) is 2.10. The second kappa shape index (κ2) is 5.14. The van der Waals surface area contributed by atoms with Crippen molar-refractivity contribution in [2.24, 2.45) is 0 Å². The van der Waals surface area contributed by atoms with Crippen molar-refractivity contribution in [3.05, 3.63) is 0 Å². The minimum absolute atomic E-state index is 0.752. The fourth-order valence-electron chi connectivity index (χ4n) is 0.562. The second-order valence-corrected chi connectivity index (χ2v) is 10.4. The van der Waals surface area contributed by atoms with Gasteiger partial charge in [0.15, 0.2) is 7.38 Å². The van der Waals surface area contributed by atoms with E-state index in [1.165, 1.54) is 0 Å². The van der Waals surface area contributed by atoms with Crippen molar-refractivity contribution in [3.63, 3.8) is 0 Å². The molecule has 0 aliphatic carbocycles. The van der Waals surface area contributed by atoms with Crippen LogP contribution in [0.15, 0.2) is 0 Å². The molecule has 0 bridgehead atoms. The molecule has 0 saturated carbocycles. The summed E-state index contributed by atoms with van der Waals surface area (Å²) < 4.78 is 5.40. The molecule has 68 valence electrons. The second-order valence-electron chi connectivity index (χ2n) is 3.57. The van der Waals surface area contributed by atoms with Crippen molar-refractivity contribution in [1.82, 2.24) is 4.90 Å². The zero-order valence-electron chi connectivity index (χ0n) is 7.85. The molecule has 0 N–H and O–H groups in total. The maximum atomic E-state index is 6.05. The maximum absolute atomic E-state index is 6.05. The number of hydrogen-bond donors (Lipinski definition) is 0. The number of nitrogens with zero attached hydrogens (tertiary/aromatic N) is 1. The SMILES string of the molecule is CN(C)CCOC[Si](C)(C)Cl. The summed E-state index contributed by atoms with van der Waals surface area (Å²) >= 11 is 6.05. The van der Waals surface area contributed by atoms with Gasteiger partial charge in [-0.3, -0.25) is 0 Å². The average molecular weight is 196 g/mol. The fourth-order valence-corrected chi connectivity index (χ4v) is 1.42. The van der Waals surface area contributed by atoms with Crippen molar-refractivity contribution in [2.45, 2.75) is 13.1 Å². The average Bonchev–Trinajstić information content (AvgIpc) is 1.78. The summed E-state index contributed by atoms with van der Waals surface area (Å²) in [5, 5.41) is 0. The van der Waals surface area contributed by atoms with Crippen LogP contribution in [0.5, 0.6) is 0 Å². The molecule has 0 radical (unpaired) electrons. The van der Waals surface area contributed by atoms with Crippen LogP contribution in [0.4, 0.5) is 0 Å². The molecule has 0 aliphatic heterocycles. The van der Waals surface area contributed by atoms with Crippen LogP contribution in [0.1, 0.15) is 0 Å². The highest BCUT2D eigenvalue weighted by Crippen LogP contribution is 2.06. The molecule has 0 aromatic carbocycles. The highest BCUT2D eigenvalue weighted by Gasteiger charge is 2.16. The normalized spacial score (nSPS) is 12.5. The molecule has 0 amide bonds. The quantitative estimate of drug-likeness (QED) is 0.375. The van der Waals surface area contributed by atoms with Gasteiger partial charge in [-0.1, -0.05) is 13.1 Å². The number of halogens is 1. The summed E-state index contributed by atoms with van der Waals surface area (Å²) in [6, 6.07) is 0. The van der Waals surface area contributed by atoms with Gasteiger partial charge in [0.1, 0.15) is 0 Å². The Labute approximate surface area is 75.2 Å². The third-order valence-electron chi connectivity index (χ3n) is 1.13. The summed E-state index contributed by atoms with van der Waals surface area (Å²) in [6.07, 6.45) is 0.752. The van der Waals surface area contributed by atoms with Gasteiger partial charge in [-0.05, 0) is 14.1 Å². The molecule has 2 nitrogen and oxygen atoms in total. The van der Waals surface area contributed by atoms with Crippen molar-refractivity contribution < 1.29 is 4.74 Å². The van der Waals surface area contributed by atoms with Crippen molar-refractivity contribution >= 4 is 18.5 Å². The van der Waals surface area contributed by atoms with Crippen LogP contribution in [0.25, 0.3) is 0 Å². The Hall–Kier alpha value is 0.427. The zero-order valence-corrected chi connectivity index (χ0v) is 9.61. The lowest BCUT2D eigenvalue weighted by atomic mass is 10.6. The lowest BCUT2D eigenvalue weighted by Crippen LogP contribution is -2.28. The lowest BCUT2D eigenvalue weighted by Gasteiger charge is -2.14. The van der Waals surface area contributed by atoms with Crippen LogP contribution in [-0.4, -0.2) is 45.8 Å². The van der Waals surface area contributed by atoms with Crippen LogP contribution >= 0.6 is 11.1 Å². The van der Waals surface area contributed by atoms with Crippen molar-refractivity contribution in [1.29, 1.82) is 0 Å². The predicted octanol–water partition coefficient (Wildman–Crippen LogP) is 1.55. The van der Waals surface area contributed by atoms with Crippen LogP contribution < -0.4 is 0 Å². The van der Waals surface area contributed by atoms with Crippen LogP contribution in [0.3, 0.4) is 0 Å². The number of ether oxygens (including phenoxy) is 1. The largest absolute Gasteiger partial charge is 0.382 e. The molecule has 0 rings (SSSR count). The third-order valence-corrected chi connectivity index (χ3v) is 2.35. The van der Waals surface area contributed by atoms with Crippen LogP contribution in [-0.2, 0) is 4.74 Å². The molecule has 0 aromatic heterocycles. The number of rotatable bonds is 5. The summed E-state index contributed by atoms with van der Waals surface area (Å²) in [5.74, 6) is 0. The smallest absolute Gasteiger partial charge is 0.176 e. The zero-order chi connectivity index (χ0) is 8.91. The Kier molecular flexibility index (Phi) is 5.34. The number of hydrogen-bond acceptors (Lipinski definition) is 2. The first-order chi connectivity index (χ1) is 4.92.